The molecule has 7 nitrogen and oxygen atoms in total. The predicted octanol–water partition coefficient (Wildman–Crippen LogP) is 3.99. The standard InChI is InChI=1S/C22H21N5O2/c1-12-9-13(2)24-19(18(12)11-23)16-5-4-6-17(10-16)21(28)25-14(3)22-26-20(27-29-22)15-7-8-15/h4-6,9-10,14-15H,7-8H2,1-3H3,(H,25,28)/t14-/m1/s1. The van der Waals surface area contributed by atoms with Crippen LogP contribution in [0.25, 0.3) is 11.3 Å². The topological polar surface area (TPSA) is 105 Å². The molecule has 0 spiro atoms. The average molecular weight is 387 g/mol. The molecule has 29 heavy (non-hydrogen) atoms. The lowest BCUT2D eigenvalue weighted by molar-refractivity contribution is 0.0932. The van der Waals surface area contributed by atoms with Crippen LogP contribution < -0.4 is 5.32 Å². The molecule has 1 saturated carbocycles. The smallest absolute Gasteiger partial charge is 0.251 e. The first kappa shape index (κ1) is 18.8. The number of carbonyl (C=O) groups is 1. The third-order valence-electron chi connectivity index (χ3n) is 4.97. The molecule has 2 heterocycles. The maximum atomic E-state index is 12.8. The molecule has 146 valence electrons. The second-order valence-corrected chi connectivity index (χ2v) is 7.46. The van der Waals surface area contributed by atoms with Gasteiger partial charge in [0.05, 0.1) is 11.3 Å². The van der Waals surface area contributed by atoms with Crippen LogP contribution in [0.4, 0.5) is 0 Å². The van der Waals surface area contributed by atoms with Crippen LogP contribution in [-0.2, 0) is 0 Å². The highest BCUT2D eigenvalue weighted by atomic mass is 16.5. The maximum absolute atomic E-state index is 12.8. The SMILES string of the molecule is Cc1cc(C)c(C#N)c(-c2cccc(C(=O)N[C@H](C)c3nc(C4CC4)no3)c2)n1. The van der Waals surface area contributed by atoms with Gasteiger partial charge in [-0.1, -0.05) is 17.3 Å². The first-order chi connectivity index (χ1) is 14.0. The predicted molar refractivity (Wildman–Crippen MR) is 106 cm³/mol. The number of amides is 1. The van der Waals surface area contributed by atoms with Gasteiger partial charge in [-0.2, -0.15) is 10.2 Å². The van der Waals surface area contributed by atoms with Crippen LogP contribution in [-0.4, -0.2) is 21.0 Å². The molecule has 2 aromatic heterocycles. The Hall–Kier alpha value is -3.53. The van der Waals surface area contributed by atoms with Crippen LogP contribution in [0.2, 0.25) is 0 Å². The molecule has 0 aliphatic heterocycles. The third kappa shape index (κ3) is 3.87. The first-order valence-corrected chi connectivity index (χ1v) is 9.59. The van der Waals surface area contributed by atoms with Crippen molar-refractivity contribution in [3.63, 3.8) is 0 Å². The van der Waals surface area contributed by atoms with Gasteiger partial charge in [-0.25, -0.2) is 0 Å². The molecule has 1 aliphatic rings. The molecule has 1 aliphatic carbocycles. The molecular formula is C22H21N5O2. The number of hydrogen-bond donors (Lipinski definition) is 1. The summed E-state index contributed by atoms with van der Waals surface area (Å²) in [5.74, 6) is 1.26. The number of nitrogens with one attached hydrogen (secondary N) is 1. The summed E-state index contributed by atoms with van der Waals surface area (Å²) in [6, 6.07) is 10.8. The molecule has 4 rings (SSSR count). The number of rotatable bonds is 5. The summed E-state index contributed by atoms with van der Waals surface area (Å²) >= 11 is 0. The number of pyridine rings is 1. The Kier molecular flexibility index (Phi) is 4.85. The fourth-order valence-corrected chi connectivity index (χ4v) is 3.27. The Morgan fingerprint density at radius 2 is 2.07 bits per heavy atom. The van der Waals surface area contributed by atoms with Crippen molar-refractivity contribution in [3.05, 3.63) is 64.4 Å². The molecule has 1 fully saturated rings. The molecular weight excluding hydrogens is 366 g/mol. The zero-order valence-electron chi connectivity index (χ0n) is 16.6. The van der Waals surface area contributed by atoms with Crippen LogP contribution in [0.1, 0.15) is 70.6 Å². The van der Waals surface area contributed by atoms with E-state index in [1.807, 2.05) is 32.9 Å². The van der Waals surface area contributed by atoms with Gasteiger partial charge in [-0.05, 0) is 57.4 Å². The summed E-state index contributed by atoms with van der Waals surface area (Å²) in [5.41, 5.74) is 3.98. The summed E-state index contributed by atoms with van der Waals surface area (Å²) < 4.78 is 5.29. The monoisotopic (exact) mass is 387 g/mol. The van der Waals surface area contributed by atoms with Crippen molar-refractivity contribution < 1.29 is 9.32 Å². The van der Waals surface area contributed by atoms with Crippen molar-refractivity contribution in [1.29, 1.82) is 5.26 Å². The molecule has 1 atom stereocenters. The van der Waals surface area contributed by atoms with Crippen molar-refractivity contribution in [1.82, 2.24) is 20.4 Å². The van der Waals surface area contributed by atoms with Gasteiger partial charge in [0.15, 0.2) is 5.82 Å². The van der Waals surface area contributed by atoms with Crippen LogP contribution >= 0.6 is 0 Å². The van der Waals surface area contributed by atoms with Crippen LogP contribution in [0.15, 0.2) is 34.9 Å². The number of hydrogen-bond acceptors (Lipinski definition) is 6. The normalized spacial score (nSPS) is 14.3. The second-order valence-electron chi connectivity index (χ2n) is 7.46. The molecule has 0 unspecified atom stereocenters. The lowest BCUT2D eigenvalue weighted by Crippen LogP contribution is -2.26. The van der Waals surface area contributed by atoms with E-state index >= 15 is 0 Å². The lowest BCUT2D eigenvalue weighted by atomic mass is 10.00. The Balaban J connectivity index is 1.57. The number of aryl methyl sites for hydroxylation is 2. The molecule has 0 bridgehead atoms. The van der Waals surface area contributed by atoms with Gasteiger partial charge in [0.25, 0.3) is 5.91 Å². The van der Waals surface area contributed by atoms with E-state index in [4.69, 9.17) is 4.52 Å². The van der Waals surface area contributed by atoms with Gasteiger partial charge >= 0.3 is 0 Å². The molecule has 0 saturated heterocycles. The number of benzene rings is 1. The van der Waals surface area contributed by atoms with E-state index in [1.54, 1.807) is 18.2 Å². The van der Waals surface area contributed by atoms with Crippen molar-refractivity contribution in [2.24, 2.45) is 0 Å². The largest absolute Gasteiger partial charge is 0.341 e. The Bertz CT molecular complexity index is 1120. The summed E-state index contributed by atoms with van der Waals surface area (Å²) in [6.07, 6.45) is 2.17. The summed E-state index contributed by atoms with van der Waals surface area (Å²) in [6.45, 7) is 5.58. The lowest BCUT2D eigenvalue weighted by Gasteiger charge is -2.12. The Morgan fingerprint density at radius 1 is 1.28 bits per heavy atom. The van der Waals surface area contributed by atoms with Gasteiger partial charge in [0, 0.05) is 22.7 Å². The fraction of sp³-hybridized carbons (Fsp3) is 0.318. The highest BCUT2D eigenvalue weighted by molar-refractivity contribution is 5.95. The van der Waals surface area contributed by atoms with E-state index in [0.29, 0.717) is 34.5 Å². The van der Waals surface area contributed by atoms with Crippen molar-refractivity contribution in [2.45, 2.75) is 45.6 Å². The Morgan fingerprint density at radius 3 is 2.79 bits per heavy atom. The van der Waals surface area contributed by atoms with E-state index in [1.165, 1.54) is 0 Å². The molecule has 7 heteroatoms. The minimum absolute atomic E-state index is 0.256. The highest BCUT2D eigenvalue weighted by Gasteiger charge is 2.30. The minimum atomic E-state index is -0.403. The molecule has 1 N–H and O–H groups in total. The fourth-order valence-electron chi connectivity index (χ4n) is 3.27. The highest BCUT2D eigenvalue weighted by Crippen LogP contribution is 2.38. The quantitative estimate of drug-likeness (QED) is 0.710. The molecule has 1 aromatic carbocycles. The third-order valence-corrected chi connectivity index (χ3v) is 4.97. The second kappa shape index (κ2) is 7.47. The minimum Gasteiger partial charge on any atom is -0.341 e. The molecule has 1 amide bonds. The van der Waals surface area contributed by atoms with E-state index < -0.39 is 6.04 Å². The maximum Gasteiger partial charge on any atom is 0.251 e. The van der Waals surface area contributed by atoms with Crippen molar-refractivity contribution >= 4 is 5.91 Å². The average Bonchev–Trinajstić information content (AvgIpc) is 3.44. The van der Waals surface area contributed by atoms with Crippen LogP contribution in [0, 0.1) is 25.2 Å². The van der Waals surface area contributed by atoms with E-state index in [0.717, 1.165) is 29.7 Å². The molecule has 0 radical (unpaired) electrons. The van der Waals surface area contributed by atoms with Gasteiger partial charge < -0.3 is 9.84 Å². The summed E-state index contributed by atoms with van der Waals surface area (Å²) in [5, 5.41) is 16.4. The summed E-state index contributed by atoms with van der Waals surface area (Å²) in [7, 11) is 0. The van der Waals surface area contributed by atoms with Crippen molar-refractivity contribution in [2.75, 3.05) is 0 Å². The number of nitrogens with zero attached hydrogens (tertiary/aromatic N) is 4. The van der Waals surface area contributed by atoms with Crippen LogP contribution in [0.5, 0.6) is 0 Å². The van der Waals surface area contributed by atoms with E-state index in [9.17, 15) is 10.1 Å². The van der Waals surface area contributed by atoms with Crippen LogP contribution in [0.3, 0.4) is 0 Å². The van der Waals surface area contributed by atoms with Gasteiger partial charge in [0.2, 0.25) is 5.89 Å². The zero-order chi connectivity index (χ0) is 20.5. The number of nitriles is 1. The van der Waals surface area contributed by atoms with Gasteiger partial charge in [0.1, 0.15) is 12.1 Å². The number of carbonyl (C=O) groups excluding carboxylic acids is 1. The van der Waals surface area contributed by atoms with Gasteiger partial charge in [-0.15, -0.1) is 0 Å². The number of aromatic nitrogens is 3. The zero-order valence-corrected chi connectivity index (χ0v) is 16.6. The Labute approximate surface area is 168 Å². The van der Waals surface area contributed by atoms with E-state index in [-0.39, 0.29) is 5.91 Å². The summed E-state index contributed by atoms with van der Waals surface area (Å²) in [4.78, 5) is 21.7. The first-order valence-electron chi connectivity index (χ1n) is 9.59. The molecule has 3 aromatic rings. The van der Waals surface area contributed by atoms with Gasteiger partial charge in [-0.3, -0.25) is 9.78 Å². The van der Waals surface area contributed by atoms with E-state index in [2.05, 4.69) is 26.5 Å². The van der Waals surface area contributed by atoms with Crippen molar-refractivity contribution in [3.8, 4) is 17.3 Å².